The first-order valence-electron chi connectivity index (χ1n) is 10.7. The lowest BCUT2D eigenvalue weighted by molar-refractivity contribution is -0.116. The molecule has 32 heavy (non-hydrogen) atoms. The molecule has 0 saturated heterocycles. The molecule has 0 aliphatic heterocycles. The maximum atomic E-state index is 12.9. The number of benzene rings is 3. The fourth-order valence-corrected chi connectivity index (χ4v) is 3.81. The molecule has 0 fully saturated rings. The van der Waals surface area contributed by atoms with Crippen LogP contribution in [0.15, 0.2) is 72.8 Å². The van der Waals surface area contributed by atoms with Gasteiger partial charge in [0.1, 0.15) is 12.4 Å². The molecule has 0 aliphatic rings. The van der Waals surface area contributed by atoms with Crippen molar-refractivity contribution in [2.45, 2.75) is 26.8 Å². The van der Waals surface area contributed by atoms with Crippen molar-refractivity contribution >= 4 is 28.5 Å². The SMILES string of the molecule is Cc1cccc(C)c1NC(=O)Cn1c(CCNC(=O)c2ccccc2)nc2ccccc21. The Morgan fingerprint density at radius 2 is 1.56 bits per heavy atom. The number of carbonyl (C=O) groups excluding carboxylic acids is 2. The summed E-state index contributed by atoms with van der Waals surface area (Å²) in [5.74, 6) is 0.525. The van der Waals surface area contributed by atoms with Crippen molar-refractivity contribution in [3.8, 4) is 0 Å². The summed E-state index contributed by atoms with van der Waals surface area (Å²) >= 11 is 0. The first-order valence-corrected chi connectivity index (χ1v) is 10.7. The molecule has 1 aromatic heterocycles. The third kappa shape index (κ3) is 4.70. The Hall–Kier alpha value is -3.93. The van der Waals surface area contributed by atoms with Gasteiger partial charge in [-0.2, -0.15) is 0 Å². The molecule has 0 radical (unpaired) electrons. The summed E-state index contributed by atoms with van der Waals surface area (Å²) < 4.78 is 1.92. The Balaban J connectivity index is 1.50. The van der Waals surface area contributed by atoms with Gasteiger partial charge in [-0.15, -0.1) is 0 Å². The number of hydrogen-bond acceptors (Lipinski definition) is 3. The molecule has 0 atom stereocenters. The average Bonchev–Trinajstić information content (AvgIpc) is 3.14. The number of hydrogen-bond donors (Lipinski definition) is 2. The molecule has 6 heteroatoms. The number of para-hydroxylation sites is 3. The first-order chi connectivity index (χ1) is 15.5. The molecular formula is C26H26N4O2. The van der Waals surface area contributed by atoms with Gasteiger partial charge < -0.3 is 15.2 Å². The Morgan fingerprint density at radius 1 is 0.875 bits per heavy atom. The second-order valence-electron chi connectivity index (χ2n) is 7.79. The van der Waals surface area contributed by atoms with E-state index in [2.05, 4.69) is 10.6 Å². The van der Waals surface area contributed by atoms with E-state index in [9.17, 15) is 9.59 Å². The Morgan fingerprint density at radius 3 is 2.31 bits per heavy atom. The highest BCUT2D eigenvalue weighted by Gasteiger charge is 2.15. The molecule has 0 spiro atoms. The monoisotopic (exact) mass is 426 g/mol. The predicted molar refractivity (Wildman–Crippen MR) is 127 cm³/mol. The minimum atomic E-state index is -0.124. The van der Waals surface area contributed by atoms with Crippen LogP contribution in [0.2, 0.25) is 0 Å². The van der Waals surface area contributed by atoms with Crippen molar-refractivity contribution in [2.75, 3.05) is 11.9 Å². The molecule has 3 aromatic carbocycles. The normalized spacial score (nSPS) is 10.8. The molecule has 2 amide bonds. The number of amides is 2. The highest BCUT2D eigenvalue weighted by atomic mass is 16.2. The lowest BCUT2D eigenvalue weighted by Crippen LogP contribution is -2.27. The zero-order valence-corrected chi connectivity index (χ0v) is 18.3. The second-order valence-corrected chi connectivity index (χ2v) is 7.79. The maximum Gasteiger partial charge on any atom is 0.251 e. The lowest BCUT2D eigenvalue weighted by Gasteiger charge is -2.13. The van der Waals surface area contributed by atoms with Crippen molar-refractivity contribution in [1.82, 2.24) is 14.9 Å². The van der Waals surface area contributed by atoms with E-state index in [4.69, 9.17) is 4.98 Å². The van der Waals surface area contributed by atoms with Gasteiger partial charge in [0.15, 0.2) is 0 Å². The number of aromatic nitrogens is 2. The zero-order chi connectivity index (χ0) is 22.5. The van der Waals surface area contributed by atoms with Crippen molar-refractivity contribution in [2.24, 2.45) is 0 Å². The Labute approximate surface area is 187 Å². The summed E-state index contributed by atoms with van der Waals surface area (Å²) in [6.45, 7) is 4.54. The maximum absolute atomic E-state index is 12.9. The summed E-state index contributed by atoms with van der Waals surface area (Å²) in [6.07, 6.45) is 0.518. The van der Waals surface area contributed by atoms with Gasteiger partial charge in [0.2, 0.25) is 5.91 Å². The van der Waals surface area contributed by atoms with Gasteiger partial charge in [0, 0.05) is 24.2 Å². The van der Waals surface area contributed by atoms with E-state index in [0.717, 1.165) is 33.7 Å². The van der Waals surface area contributed by atoms with Crippen LogP contribution in [0.4, 0.5) is 5.69 Å². The molecule has 162 valence electrons. The summed E-state index contributed by atoms with van der Waals surface area (Å²) in [5.41, 5.74) is 5.24. The number of aryl methyl sites for hydroxylation is 2. The summed E-state index contributed by atoms with van der Waals surface area (Å²) in [7, 11) is 0. The summed E-state index contributed by atoms with van der Waals surface area (Å²) in [4.78, 5) is 30.0. The highest BCUT2D eigenvalue weighted by Crippen LogP contribution is 2.21. The van der Waals surface area contributed by atoms with Gasteiger partial charge in [-0.3, -0.25) is 9.59 Å². The van der Waals surface area contributed by atoms with Gasteiger partial charge in [-0.25, -0.2) is 4.98 Å². The number of carbonyl (C=O) groups is 2. The van der Waals surface area contributed by atoms with Crippen LogP contribution in [0.3, 0.4) is 0 Å². The van der Waals surface area contributed by atoms with Crippen LogP contribution in [0.25, 0.3) is 11.0 Å². The molecular weight excluding hydrogens is 400 g/mol. The van der Waals surface area contributed by atoms with Gasteiger partial charge in [-0.1, -0.05) is 48.5 Å². The number of anilines is 1. The van der Waals surface area contributed by atoms with Crippen LogP contribution < -0.4 is 10.6 Å². The van der Waals surface area contributed by atoms with E-state index in [0.29, 0.717) is 18.5 Å². The van der Waals surface area contributed by atoms with E-state index in [1.165, 1.54) is 0 Å². The van der Waals surface area contributed by atoms with E-state index in [1.54, 1.807) is 12.1 Å². The molecule has 4 rings (SSSR count). The largest absolute Gasteiger partial charge is 0.352 e. The molecule has 0 saturated carbocycles. The van der Waals surface area contributed by atoms with Crippen molar-refractivity contribution in [3.63, 3.8) is 0 Å². The predicted octanol–water partition coefficient (Wildman–Crippen LogP) is 4.26. The number of imidazole rings is 1. The fourth-order valence-electron chi connectivity index (χ4n) is 3.81. The summed E-state index contributed by atoms with van der Waals surface area (Å²) in [5, 5.41) is 5.98. The number of nitrogens with zero attached hydrogens (tertiary/aromatic N) is 2. The standard InChI is InChI=1S/C26H26N4O2/c1-18-9-8-10-19(2)25(18)29-24(31)17-30-22-14-7-6-13-21(22)28-23(30)15-16-27-26(32)20-11-4-3-5-12-20/h3-14H,15-17H2,1-2H3,(H,27,32)(H,29,31). The molecule has 0 bridgehead atoms. The molecule has 2 N–H and O–H groups in total. The third-order valence-electron chi connectivity index (χ3n) is 5.45. The van der Waals surface area contributed by atoms with Crippen LogP contribution in [-0.2, 0) is 17.8 Å². The van der Waals surface area contributed by atoms with Crippen LogP contribution >= 0.6 is 0 Å². The minimum Gasteiger partial charge on any atom is -0.352 e. The highest BCUT2D eigenvalue weighted by molar-refractivity contribution is 5.94. The smallest absolute Gasteiger partial charge is 0.251 e. The fraction of sp³-hybridized carbons (Fsp3) is 0.192. The third-order valence-corrected chi connectivity index (χ3v) is 5.45. The van der Waals surface area contributed by atoms with Gasteiger partial charge in [0.05, 0.1) is 11.0 Å². The molecule has 0 unspecified atom stereocenters. The topological polar surface area (TPSA) is 76.0 Å². The molecule has 1 heterocycles. The Bertz CT molecular complexity index is 1240. The van der Waals surface area contributed by atoms with E-state index in [-0.39, 0.29) is 18.4 Å². The zero-order valence-electron chi connectivity index (χ0n) is 18.3. The van der Waals surface area contributed by atoms with Crippen LogP contribution in [0.5, 0.6) is 0 Å². The van der Waals surface area contributed by atoms with Crippen molar-refractivity contribution < 1.29 is 9.59 Å². The lowest BCUT2D eigenvalue weighted by atomic mass is 10.1. The van der Waals surface area contributed by atoms with E-state index >= 15 is 0 Å². The van der Waals surface area contributed by atoms with E-state index < -0.39 is 0 Å². The first kappa shape index (κ1) is 21.3. The molecule has 4 aromatic rings. The second kappa shape index (κ2) is 9.47. The van der Waals surface area contributed by atoms with Crippen LogP contribution in [0.1, 0.15) is 27.3 Å². The van der Waals surface area contributed by atoms with Gasteiger partial charge in [0.25, 0.3) is 5.91 Å². The van der Waals surface area contributed by atoms with Crippen molar-refractivity contribution in [1.29, 1.82) is 0 Å². The molecule has 0 aliphatic carbocycles. The van der Waals surface area contributed by atoms with Gasteiger partial charge >= 0.3 is 0 Å². The van der Waals surface area contributed by atoms with E-state index in [1.807, 2.05) is 79.1 Å². The summed E-state index contributed by atoms with van der Waals surface area (Å²) in [6, 6.07) is 22.8. The minimum absolute atomic E-state index is 0.111. The Kier molecular flexibility index (Phi) is 6.31. The van der Waals surface area contributed by atoms with Crippen LogP contribution in [0, 0.1) is 13.8 Å². The van der Waals surface area contributed by atoms with Crippen molar-refractivity contribution in [3.05, 3.63) is 95.3 Å². The van der Waals surface area contributed by atoms with Gasteiger partial charge in [-0.05, 0) is 49.2 Å². The average molecular weight is 427 g/mol. The quantitative estimate of drug-likeness (QED) is 0.464. The van der Waals surface area contributed by atoms with Crippen LogP contribution in [-0.4, -0.2) is 27.9 Å². The number of fused-ring (bicyclic) bond motifs is 1. The number of rotatable bonds is 7. The number of nitrogens with one attached hydrogen (secondary N) is 2. The molecule has 6 nitrogen and oxygen atoms in total.